The van der Waals surface area contributed by atoms with Gasteiger partial charge in [0.15, 0.2) is 5.82 Å². The number of aryl methyl sites for hydroxylation is 1. The zero-order chi connectivity index (χ0) is 29.0. The first-order valence-electron chi connectivity index (χ1n) is 12.5. The molecular formula is C27H35F3N4O4Si-. The molecule has 213 valence electrons. The van der Waals surface area contributed by atoms with Crippen molar-refractivity contribution in [2.45, 2.75) is 59.4 Å². The van der Waals surface area contributed by atoms with Crippen molar-refractivity contribution < 1.29 is 32.2 Å². The van der Waals surface area contributed by atoms with Crippen molar-refractivity contribution in [3.8, 4) is 28.4 Å². The second-order valence-corrected chi connectivity index (χ2v) is 16.8. The monoisotopic (exact) mass is 564 g/mol. The molecule has 1 aromatic carbocycles. The predicted octanol–water partition coefficient (Wildman–Crippen LogP) is 6.22. The molecule has 2 heterocycles. The summed E-state index contributed by atoms with van der Waals surface area (Å²) in [5.74, 6) is -1.14. The van der Waals surface area contributed by atoms with E-state index in [1.807, 2.05) is 6.92 Å². The molecule has 39 heavy (non-hydrogen) atoms. The molecule has 3 rings (SSSR count). The molecule has 0 fully saturated rings. The molecule has 0 saturated heterocycles. The number of benzene rings is 1. The fourth-order valence-corrected chi connectivity index (χ4v) is 4.35. The van der Waals surface area contributed by atoms with Gasteiger partial charge in [0.25, 0.3) is 5.82 Å². The summed E-state index contributed by atoms with van der Waals surface area (Å²) in [6.07, 6.45) is -3.02. The van der Waals surface area contributed by atoms with Crippen LogP contribution >= 0.6 is 0 Å². The van der Waals surface area contributed by atoms with Crippen molar-refractivity contribution >= 4 is 14.0 Å². The standard InChI is InChI=1S/C27H35F3N4O4Si/c1-18-14-22(38-16-26(2,3)25(35)36-4)31-15-21(18)19-8-10-20(11-9-19)23-32-24(27(28,29)30)33-34(23)17-37-12-13-39(5,6)7/h8-11,14-15H,12-13,16-17H2,1-7H3/q-1. The Hall–Kier alpha value is -3.25. The third kappa shape index (κ3) is 8.12. The Morgan fingerprint density at radius 1 is 1.08 bits per heavy atom. The molecule has 2 aromatic heterocycles. The lowest BCUT2D eigenvalue weighted by molar-refractivity contribution is -0.152. The van der Waals surface area contributed by atoms with Crippen molar-refractivity contribution in [1.82, 2.24) is 19.7 Å². The van der Waals surface area contributed by atoms with Crippen LogP contribution in [0, 0.1) is 12.3 Å². The van der Waals surface area contributed by atoms with Crippen LogP contribution in [-0.2, 0) is 27.2 Å². The lowest BCUT2D eigenvalue weighted by Gasteiger charge is -2.26. The van der Waals surface area contributed by atoms with E-state index in [9.17, 15) is 18.0 Å². The van der Waals surface area contributed by atoms with Gasteiger partial charge in [0.1, 0.15) is 13.3 Å². The van der Waals surface area contributed by atoms with Gasteiger partial charge in [-0.25, -0.2) is 14.6 Å². The Balaban J connectivity index is 1.79. The fraction of sp³-hybridized carbons (Fsp3) is 0.481. The highest BCUT2D eigenvalue weighted by Gasteiger charge is 2.37. The molecule has 0 amide bonds. The van der Waals surface area contributed by atoms with Gasteiger partial charge in [-0.15, -0.1) is 19.2 Å². The lowest BCUT2D eigenvalue weighted by atomic mass is 9.95. The van der Waals surface area contributed by atoms with Crippen LogP contribution < -0.4 is 4.74 Å². The maximum Gasteiger partial charge on any atom is 0.453 e. The van der Waals surface area contributed by atoms with Gasteiger partial charge in [-0.05, 0) is 31.9 Å². The van der Waals surface area contributed by atoms with Gasteiger partial charge in [-0.1, -0.05) is 24.3 Å². The first-order chi connectivity index (χ1) is 18.1. The highest BCUT2D eigenvalue weighted by atomic mass is 28.3. The third-order valence-corrected chi connectivity index (χ3v) is 7.70. The van der Waals surface area contributed by atoms with Crippen LogP contribution in [0.3, 0.4) is 0 Å². The van der Waals surface area contributed by atoms with Crippen LogP contribution in [0.4, 0.5) is 13.2 Å². The average molecular weight is 565 g/mol. The summed E-state index contributed by atoms with van der Waals surface area (Å²) in [7, 11) is -0.0177. The van der Waals surface area contributed by atoms with E-state index in [0.29, 0.717) is 18.1 Å². The number of methoxy groups -OCH3 is 1. The molecule has 0 atom stereocenters. The summed E-state index contributed by atoms with van der Waals surface area (Å²) in [5.41, 5.74) is 2.17. The molecule has 0 aliphatic heterocycles. The van der Waals surface area contributed by atoms with E-state index in [2.05, 4.69) is 34.7 Å². The molecule has 12 heteroatoms. The quantitative estimate of drug-likeness (QED) is 0.155. The van der Waals surface area contributed by atoms with Crippen molar-refractivity contribution in [2.75, 3.05) is 20.3 Å². The Kier molecular flexibility index (Phi) is 9.22. The van der Waals surface area contributed by atoms with E-state index in [0.717, 1.165) is 27.4 Å². The maximum atomic E-state index is 13.4. The Morgan fingerprint density at radius 2 is 1.72 bits per heavy atom. The largest absolute Gasteiger partial charge is 0.476 e. The van der Waals surface area contributed by atoms with Crippen molar-refractivity contribution in [3.63, 3.8) is 0 Å². The molecule has 0 aliphatic rings. The van der Waals surface area contributed by atoms with Crippen LogP contribution in [0.5, 0.6) is 5.88 Å². The number of halogens is 3. The normalized spacial score (nSPS) is 12.5. The summed E-state index contributed by atoms with van der Waals surface area (Å²) < 4.78 is 57.4. The van der Waals surface area contributed by atoms with E-state index >= 15 is 0 Å². The molecule has 0 bridgehead atoms. The van der Waals surface area contributed by atoms with Crippen LogP contribution in [0.15, 0.2) is 36.5 Å². The molecule has 8 nitrogen and oxygen atoms in total. The zero-order valence-electron chi connectivity index (χ0n) is 23.3. The van der Waals surface area contributed by atoms with E-state index in [1.165, 1.54) is 7.11 Å². The Labute approximate surface area is 227 Å². The number of hydrogen-bond acceptors (Lipinski definition) is 7. The highest BCUT2D eigenvalue weighted by Crippen LogP contribution is 2.31. The van der Waals surface area contributed by atoms with Crippen molar-refractivity contribution in [2.24, 2.45) is 5.41 Å². The highest BCUT2D eigenvalue weighted by molar-refractivity contribution is 6.76. The third-order valence-electron chi connectivity index (χ3n) is 5.99. The molecular weight excluding hydrogens is 529 g/mol. The Bertz CT molecular complexity index is 1290. The summed E-state index contributed by atoms with van der Waals surface area (Å²) in [6.45, 7) is 12.4. The Morgan fingerprint density at radius 3 is 2.28 bits per heavy atom. The van der Waals surface area contributed by atoms with Crippen molar-refractivity contribution in [1.29, 1.82) is 0 Å². The molecule has 0 spiro atoms. The van der Waals surface area contributed by atoms with Crippen LogP contribution in [0.2, 0.25) is 25.7 Å². The number of ether oxygens (including phenoxy) is 3. The smallest absolute Gasteiger partial charge is 0.453 e. The van der Waals surface area contributed by atoms with Crippen molar-refractivity contribution in [3.05, 3.63) is 47.9 Å². The molecule has 0 radical (unpaired) electrons. The number of alkyl halides is 3. The minimum atomic E-state index is -4.67. The average Bonchev–Trinajstić information content (AvgIpc) is 3.29. The van der Waals surface area contributed by atoms with Gasteiger partial charge in [0, 0.05) is 30.0 Å². The van der Waals surface area contributed by atoms with Crippen LogP contribution in [-0.4, -0.2) is 54.1 Å². The number of rotatable bonds is 11. The fourth-order valence-electron chi connectivity index (χ4n) is 3.59. The molecule has 0 N–H and O–H groups in total. The van der Waals surface area contributed by atoms with E-state index in [4.69, 9.17) is 14.2 Å². The minimum Gasteiger partial charge on any atom is -0.476 e. The number of nitrogens with zero attached hydrogens (tertiary/aromatic N) is 4. The van der Waals surface area contributed by atoms with Gasteiger partial charge in [0.2, 0.25) is 5.88 Å². The summed E-state index contributed by atoms with van der Waals surface area (Å²) in [6, 6.07) is 9.62. The van der Waals surface area contributed by atoms with Gasteiger partial charge >= 0.3 is 12.1 Å². The predicted molar refractivity (Wildman–Crippen MR) is 144 cm³/mol. The van der Waals surface area contributed by atoms with E-state index in [1.54, 1.807) is 50.4 Å². The SMILES string of the molecule is COC(=O)C(C)(C)COc1cc(C)c(-c2ccc(-c3nc(C(F)(F)F)nn3COCC[Si-](C)(C)C)cc2)cn1. The zero-order valence-corrected chi connectivity index (χ0v) is 24.3. The first-order valence-corrected chi connectivity index (χ1v) is 16.2. The minimum absolute atomic E-state index is 0.0775. The number of carbonyl (C=O) groups is 1. The second-order valence-electron chi connectivity index (χ2n) is 11.2. The molecule has 0 saturated carbocycles. The van der Waals surface area contributed by atoms with Crippen LogP contribution in [0.25, 0.3) is 22.5 Å². The van der Waals surface area contributed by atoms with Gasteiger partial charge in [0.05, 0.1) is 12.5 Å². The number of aromatic nitrogens is 4. The molecule has 0 aliphatic carbocycles. The number of carbonyl (C=O) groups excluding carboxylic acids is 1. The van der Waals surface area contributed by atoms with E-state index < -0.39 is 25.5 Å². The summed E-state index contributed by atoms with van der Waals surface area (Å²) in [5, 5.41) is 3.66. The molecule has 3 aromatic rings. The number of esters is 1. The summed E-state index contributed by atoms with van der Waals surface area (Å²) in [4.78, 5) is 20.0. The number of hydrogen-bond donors (Lipinski definition) is 0. The van der Waals surface area contributed by atoms with Crippen LogP contribution in [0.1, 0.15) is 25.2 Å². The first kappa shape index (κ1) is 30.3. The van der Waals surface area contributed by atoms with Gasteiger partial charge in [-0.2, -0.15) is 32.8 Å². The van der Waals surface area contributed by atoms with Gasteiger partial charge in [-0.3, -0.25) is 4.79 Å². The van der Waals surface area contributed by atoms with E-state index in [-0.39, 0.29) is 25.1 Å². The second kappa shape index (κ2) is 11.9. The maximum absolute atomic E-state index is 13.4. The topological polar surface area (TPSA) is 88.4 Å². The molecule has 0 unspecified atom stereocenters. The number of pyridine rings is 1. The van der Waals surface area contributed by atoms with Gasteiger partial charge < -0.3 is 14.2 Å². The lowest BCUT2D eigenvalue weighted by Crippen LogP contribution is -2.32. The summed E-state index contributed by atoms with van der Waals surface area (Å²) >= 11 is 0.